The van der Waals surface area contributed by atoms with E-state index in [1.165, 1.54) is 6.07 Å². The number of benzene rings is 1. The van der Waals surface area contributed by atoms with Gasteiger partial charge in [-0.2, -0.15) is 0 Å². The van der Waals surface area contributed by atoms with Crippen molar-refractivity contribution < 1.29 is 9.50 Å². The van der Waals surface area contributed by atoms with Crippen molar-refractivity contribution in [3.8, 4) is 0 Å². The average molecular weight is 246 g/mol. The van der Waals surface area contributed by atoms with Crippen LogP contribution < -0.4 is 0 Å². The van der Waals surface area contributed by atoms with Gasteiger partial charge >= 0.3 is 0 Å². The first-order valence-corrected chi connectivity index (χ1v) is 6.19. The lowest BCUT2D eigenvalue weighted by atomic mass is 10.1. The van der Waals surface area contributed by atoms with Crippen LogP contribution >= 0.6 is 0 Å². The van der Waals surface area contributed by atoms with Gasteiger partial charge in [-0.25, -0.2) is 9.37 Å². The smallest absolute Gasteiger partial charge is 0.126 e. The van der Waals surface area contributed by atoms with Crippen molar-refractivity contribution in [3.05, 3.63) is 53.4 Å². The zero-order valence-corrected chi connectivity index (χ0v) is 10.0. The second-order valence-corrected chi connectivity index (χ2v) is 4.73. The summed E-state index contributed by atoms with van der Waals surface area (Å²) in [5, 5.41) is 9.60. The van der Waals surface area contributed by atoms with Gasteiger partial charge in [-0.15, -0.1) is 0 Å². The van der Waals surface area contributed by atoms with E-state index in [4.69, 9.17) is 0 Å². The Morgan fingerprint density at radius 3 is 3.06 bits per heavy atom. The zero-order chi connectivity index (χ0) is 12.5. The molecule has 1 unspecified atom stereocenters. The Balaban J connectivity index is 1.88. The molecule has 4 heteroatoms. The fourth-order valence-corrected chi connectivity index (χ4v) is 2.46. The number of hydrogen-bond acceptors (Lipinski definition) is 2. The van der Waals surface area contributed by atoms with Crippen molar-refractivity contribution in [1.82, 2.24) is 9.55 Å². The van der Waals surface area contributed by atoms with Crippen molar-refractivity contribution in [2.45, 2.75) is 31.9 Å². The largest absolute Gasteiger partial charge is 0.393 e. The van der Waals surface area contributed by atoms with Gasteiger partial charge < -0.3 is 9.67 Å². The van der Waals surface area contributed by atoms with Crippen LogP contribution in [0.15, 0.2) is 30.5 Å². The minimum atomic E-state index is -0.268. The van der Waals surface area contributed by atoms with Crippen LogP contribution in [-0.2, 0) is 19.4 Å². The Morgan fingerprint density at radius 1 is 1.39 bits per heavy atom. The lowest BCUT2D eigenvalue weighted by Gasteiger charge is -2.21. The molecule has 2 heterocycles. The number of halogens is 1. The Morgan fingerprint density at radius 2 is 2.22 bits per heavy atom. The van der Waals surface area contributed by atoms with Crippen LogP contribution in [0.3, 0.4) is 0 Å². The van der Waals surface area contributed by atoms with Crippen LogP contribution in [0.25, 0.3) is 0 Å². The fourth-order valence-electron chi connectivity index (χ4n) is 2.46. The molecule has 0 spiro atoms. The molecule has 1 aliphatic heterocycles. The van der Waals surface area contributed by atoms with Gasteiger partial charge in [0.05, 0.1) is 6.10 Å². The number of aliphatic hydroxyl groups is 1. The van der Waals surface area contributed by atoms with E-state index in [9.17, 15) is 9.50 Å². The van der Waals surface area contributed by atoms with E-state index < -0.39 is 0 Å². The summed E-state index contributed by atoms with van der Waals surface area (Å²) in [6.07, 6.45) is 3.41. The maximum atomic E-state index is 13.6. The van der Waals surface area contributed by atoms with Gasteiger partial charge in [0.15, 0.2) is 0 Å². The highest BCUT2D eigenvalue weighted by Crippen LogP contribution is 2.20. The van der Waals surface area contributed by atoms with Crippen LogP contribution in [0, 0.1) is 5.82 Å². The third kappa shape index (κ3) is 2.04. The van der Waals surface area contributed by atoms with Crippen LogP contribution in [-0.4, -0.2) is 20.8 Å². The van der Waals surface area contributed by atoms with E-state index in [1.807, 2.05) is 6.07 Å². The number of imidazole rings is 1. The molecule has 1 N–H and O–H groups in total. The second-order valence-electron chi connectivity index (χ2n) is 4.73. The molecule has 0 saturated heterocycles. The quantitative estimate of drug-likeness (QED) is 0.879. The minimum absolute atomic E-state index is 0.189. The van der Waals surface area contributed by atoms with E-state index in [-0.39, 0.29) is 11.9 Å². The molecule has 0 amide bonds. The van der Waals surface area contributed by atoms with Gasteiger partial charge in [-0.1, -0.05) is 18.2 Å². The van der Waals surface area contributed by atoms with Gasteiger partial charge in [-0.3, -0.25) is 0 Å². The maximum Gasteiger partial charge on any atom is 0.126 e. The summed E-state index contributed by atoms with van der Waals surface area (Å²) in [4.78, 5) is 4.35. The maximum absolute atomic E-state index is 13.6. The number of fused-ring (bicyclic) bond motifs is 1. The Bertz CT molecular complexity index is 565. The third-order valence-electron chi connectivity index (χ3n) is 3.46. The molecule has 0 radical (unpaired) electrons. The predicted molar refractivity (Wildman–Crippen MR) is 65.8 cm³/mol. The highest BCUT2D eigenvalue weighted by atomic mass is 19.1. The lowest BCUT2D eigenvalue weighted by Crippen LogP contribution is -2.23. The fraction of sp³-hybridized carbons (Fsp3) is 0.357. The summed E-state index contributed by atoms with van der Waals surface area (Å²) in [7, 11) is 0. The normalized spacial score (nSPS) is 18.7. The van der Waals surface area contributed by atoms with Gasteiger partial charge in [0.2, 0.25) is 0 Å². The van der Waals surface area contributed by atoms with Crippen LogP contribution in [0.2, 0.25) is 0 Å². The number of nitrogens with zero attached hydrogens (tertiary/aromatic N) is 2. The van der Waals surface area contributed by atoms with Crippen molar-refractivity contribution in [3.63, 3.8) is 0 Å². The molecular formula is C14H15FN2O. The van der Waals surface area contributed by atoms with Crippen molar-refractivity contribution in [2.24, 2.45) is 0 Å². The monoisotopic (exact) mass is 246 g/mol. The first-order valence-electron chi connectivity index (χ1n) is 6.19. The zero-order valence-electron chi connectivity index (χ0n) is 10.0. The Hall–Kier alpha value is -1.68. The van der Waals surface area contributed by atoms with Crippen molar-refractivity contribution in [2.75, 3.05) is 0 Å². The molecule has 94 valence electrons. The van der Waals surface area contributed by atoms with Crippen molar-refractivity contribution in [1.29, 1.82) is 0 Å². The van der Waals surface area contributed by atoms with Gasteiger partial charge in [0, 0.05) is 31.3 Å². The number of rotatable bonds is 2. The van der Waals surface area contributed by atoms with Crippen LogP contribution in [0.1, 0.15) is 23.5 Å². The molecule has 18 heavy (non-hydrogen) atoms. The standard InChI is InChI=1S/C14H15FN2O/c15-13-4-2-1-3-10(13)7-14-16-9-11-8-12(18)5-6-17(11)14/h1-4,9,12,18H,5-8H2. The van der Waals surface area contributed by atoms with E-state index in [0.29, 0.717) is 18.4 Å². The van der Waals surface area contributed by atoms with E-state index >= 15 is 0 Å². The third-order valence-corrected chi connectivity index (χ3v) is 3.46. The second kappa shape index (κ2) is 4.53. The van der Waals surface area contributed by atoms with Gasteiger partial charge in [-0.05, 0) is 18.1 Å². The first-order chi connectivity index (χ1) is 8.74. The Kier molecular flexibility index (Phi) is 2.88. The highest BCUT2D eigenvalue weighted by Gasteiger charge is 2.20. The summed E-state index contributed by atoms with van der Waals surface area (Å²) < 4.78 is 15.7. The molecule has 1 aliphatic rings. The van der Waals surface area contributed by atoms with Gasteiger partial charge in [0.1, 0.15) is 11.6 Å². The Labute approximate surface area is 105 Å². The molecule has 1 aromatic heterocycles. The molecule has 3 rings (SSSR count). The molecule has 0 bridgehead atoms. The number of hydrogen-bond donors (Lipinski definition) is 1. The predicted octanol–water partition coefficient (Wildman–Crippen LogP) is 1.92. The molecule has 0 aliphatic carbocycles. The summed E-state index contributed by atoms with van der Waals surface area (Å²) >= 11 is 0. The van der Waals surface area contributed by atoms with E-state index in [0.717, 1.165) is 24.5 Å². The topological polar surface area (TPSA) is 38.0 Å². The molecule has 3 nitrogen and oxygen atoms in total. The molecule has 0 saturated carbocycles. The summed E-state index contributed by atoms with van der Waals surface area (Å²) in [5.41, 5.74) is 1.71. The van der Waals surface area contributed by atoms with Crippen molar-refractivity contribution >= 4 is 0 Å². The number of aliphatic hydroxyl groups excluding tert-OH is 1. The molecular weight excluding hydrogens is 231 g/mol. The van der Waals surface area contributed by atoms with E-state index in [2.05, 4.69) is 9.55 Å². The number of aromatic nitrogens is 2. The summed E-state index contributed by atoms with van der Waals surface area (Å²) in [6.45, 7) is 0.764. The summed E-state index contributed by atoms with van der Waals surface area (Å²) in [5.74, 6) is 0.688. The van der Waals surface area contributed by atoms with Gasteiger partial charge in [0.25, 0.3) is 0 Å². The molecule has 0 fully saturated rings. The van der Waals surface area contributed by atoms with Crippen LogP contribution in [0.5, 0.6) is 0 Å². The molecule has 1 aromatic carbocycles. The highest BCUT2D eigenvalue weighted by molar-refractivity contribution is 5.23. The first kappa shape index (κ1) is 11.4. The SMILES string of the molecule is OC1CCn2c(cnc2Cc2ccccc2F)C1. The lowest BCUT2D eigenvalue weighted by molar-refractivity contribution is 0.143. The van der Waals surface area contributed by atoms with Crippen LogP contribution in [0.4, 0.5) is 4.39 Å². The average Bonchev–Trinajstić information content (AvgIpc) is 2.74. The molecule has 2 aromatic rings. The minimum Gasteiger partial charge on any atom is -0.393 e. The molecule has 1 atom stereocenters. The summed E-state index contributed by atoms with van der Waals surface area (Å²) in [6, 6.07) is 6.78. The van der Waals surface area contributed by atoms with E-state index in [1.54, 1.807) is 18.3 Å².